The van der Waals surface area contributed by atoms with Crippen molar-refractivity contribution >= 4 is 51.8 Å². The largest absolute Gasteiger partial charge is 0.325 e. The van der Waals surface area contributed by atoms with Gasteiger partial charge in [-0.1, -0.05) is 0 Å². The Balaban J connectivity index is 2.45. The standard InChI is InChI=1S/C10H10ClIN2O2/c11-6-5-9(15)14-10(16)13-8-3-1-7(12)2-4-8/h1-4H,5-6H2,(H2,13,14,15,16). The van der Waals surface area contributed by atoms with Crippen LogP contribution in [0.2, 0.25) is 0 Å². The number of carbonyl (C=O) groups excluding carboxylic acids is 2. The van der Waals surface area contributed by atoms with Crippen LogP contribution in [-0.2, 0) is 4.79 Å². The smallest absolute Gasteiger partial charge is 0.308 e. The van der Waals surface area contributed by atoms with Crippen molar-refractivity contribution in [2.45, 2.75) is 6.42 Å². The molecule has 0 radical (unpaired) electrons. The third-order valence-electron chi connectivity index (χ3n) is 1.68. The molecule has 1 rings (SSSR count). The number of carbonyl (C=O) groups is 2. The van der Waals surface area contributed by atoms with E-state index in [2.05, 4.69) is 33.2 Å². The molecular weight excluding hydrogens is 342 g/mol. The summed E-state index contributed by atoms with van der Waals surface area (Å²) >= 11 is 7.53. The molecule has 6 heteroatoms. The SMILES string of the molecule is O=C(CCCl)NC(=O)Nc1ccc(I)cc1. The lowest BCUT2D eigenvalue weighted by Gasteiger charge is -2.05. The van der Waals surface area contributed by atoms with Crippen molar-refractivity contribution in [3.8, 4) is 0 Å². The van der Waals surface area contributed by atoms with Gasteiger partial charge in [0, 0.05) is 21.6 Å². The van der Waals surface area contributed by atoms with Crippen molar-refractivity contribution in [3.63, 3.8) is 0 Å². The van der Waals surface area contributed by atoms with E-state index in [0.29, 0.717) is 5.69 Å². The van der Waals surface area contributed by atoms with Gasteiger partial charge in [-0.2, -0.15) is 0 Å². The predicted octanol–water partition coefficient (Wildman–Crippen LogP) is 2.57. The van der Waals surface area contributed by atoms with E-state index in [0.717, 1.165) is 3.57 Å². The molecule has 4 nitrogen and oxygen atoms in total. The van der Waals surface area contributed by atoms with Gasteiger partial charge in [0.1, 0.15) is 0 Å². The van der Waals surface area contributed by atoms with Gasteiger partial charge in [0.05, 0.1) is 0 Å². The topological polar surface area (TPSA) is 58.2 Å². The first kappa shape index (κ1) is 13.2. The molecule has 0 aliphatic carbocycles. The number of rotatable bonds is 3. The zero-order valence-electron chi connectivity index (χ0n) is 8.30. The lowest BCUT2D eigenvalue weighted by molar-refractivity contribution is -0.119. The van der Waals surface area contributed by atoms with Gasteiger partial charge in [-0.3, -0.25) is 10.1 Å². The minimum atomic E-state index is -0.545. The summed E-state index contributed by atoms with van der Waals surface area (Å²) < 4.78 is 1.07. The van der Waals surface area contributed by atoms with Crippen LogP contribution in [0.15, 0.2) is 24.3 Å². The second-order valence-corrected chi connectivity index (χ2v) is 4.57. The van der Waals surface area contributed by atoms with Gasteiger partial charge < -0.3 is 5.32 Å². The Labute approximate surface area is 112 Å². The number of hydrogen-bond donors (Lipinski definition) is 2. The molecule has 0 heterocycles. The number of nitrogens with one attached hydrogen (secondary N) is 2. The van der Waals surface area contributed by atoms with Crippen molar-refractivity contribution in [1.82, 2.24) is 5.32 Å². The number of anilines is 1. The average Bonchev–Trinajstić information content (AvgIpc) is 2.21. The second-order valence-electron chi connectivity index (χ2n) is 2.95. The molecule has 0 spiro atoms. The highest BCUT2D eigenvalue weighted by Gasteiger charge is 2.06. The van der Waals surface area contributed by atoms with Crippen LogP contribution in [0.4, 0.5) is 10.5 Å². The maximum Gasteiger partial charge on any atom is 0.325 e. The van der Waals surface area contributed by atoms with Crippen molar-refractivity contribution in [2.75, 3.05) is 11.2 Å². The first-order valence-electron chi connectivity index (χ1n) is 4.54. The molecule has 0 atom stereocenters. The molecule has 0 saturated carbocycles. The third-order valence-corrected chi connectivity index (χ3v) is 2.58. The molecule has 16 heavy (non-hydrogen) atoms. The zero-order chi connectivity index (χ0) is 12.0. The van der Waals surface area contributed by atoms with Crippen LogP contribution in [0.5, 0.6) is 0 Å². The first-order chi connectivity index (χ1) is 7.61. The number of urea groups is 1. The van der Waals surface area contributed by atoms with E-state index in [9.17, 15) is 9.59 Å². The van der Waals surface area contributed by atoms with Crippen molar-refractivity contribution in [3.05, 3.63) is 27.8 Å². The molecule has 86 valence electrons. The minimum Gasteiger partial charge on any atom is -0.308 e. The molecule has 0 bridgehead atoms. The van der Waals surface area contributed by atoms with E-state index < -0.39 is 11.9 Å². The number of imide groups is 1. The Kier molecular flexibility index (Phi) is 5.54. The number of halogens is 2. The minimum absolute atomic E-state index is 0.127. The van der Waals surface area contributed by atoms with Crippen LogP contribution >= 0.6 is 34.2 Å². The lowest BCUT2D eigenvalue weighted by atomic mass is 10.3. The highest BCUT2D eigenvalue weighted by atomic mass is 127. The molecule has 0 fully saturated rings. The van der Waals surface area contributed by atoms with E-state index >= 15 is 0 Å². The Morgan fingerprint density at radius 3 is 2.44 bits per heavy atom. The van der Waals surface area contributed by atoms with E-state index in [1.54, 1.807) is 12.1 Å². The third kappa shape index (κ3) is 4.80. The number of benzene rings is 1. The Bertz CT molecular complexity index is 381. The molecule has 0 unspecified atom stereocenters. The van der Waals surface area contributed by atoms with E-state index in [1.807, 2.05) is 12.1 Å². The molecule has 2 N–H and O–H groups in total. The number of alkyl halides is 1. The Morgan fingerprint density at radius 1 is 1.25 bits per heavy atom. The fourth-order valence-electron chi connectivity index (χ4n) is 0.971. The maximum absolute atomic E-state index is 11.3. The molecule has 0 aliphatic heterocycles. The van der Waals surface area contributed by atoms with Gasteiger partial charge in [0.15, 0.2) is 0 Å². The second kappa shape index (κ2) is 6.70. The van der Waals surface area contributed by atoms with Gasteiger partial charge >= 0.3 is 6.03 Å². The van der Waals surface area contributed by atoms with Gasteiger partial charge in [-0.05, 0) is 46.9 Å². The maximum atomic E-state index is 11.3. The molecule has 0 aromatic heterocycles. The summed E-state index contributed by atoms with van der Waals surface area (Å²) in [6.45, 7) is 0. The summed E-state index contributed by atoms with van der Waals surface area (Å²) in [5.74, 6) is -0.194. The Hall–Kier alpha value is -0.820. The number of amides is 3. The lowest BCUT2D eigenvalue weighted by Crippen LogP contribution is -2.34. The summed E-state index contributed by atoms with van der Waals surface area (Å²) in [5.41, 5.74) is 0.636. The van der Waals surface area contributed by atoms with Crippen molar-refractivity contribution in [1.29, 1.82) is 0 Å². The van der Waals surface area contributed by atoms with Gasteiger partial charge in [-0.15, -0.1) is 11.6 Å². The predicted molar refractivity (Wildman–Crippen MR) is 71.7 cm³/mol. The molecule has 1 aromatic rings. The summed E-state index contributed by atoms with van der Waals surface area (Å²) in [6.07, 6.45) is 0.127. The van der Waals surface area contributed by atoms with Crippen molar-refractivity contribution < 1.29 is 9.59 Å². The van der Waals surface area contributed by atoms with Crippen molar-refractivity contribution in [2.24, 2.45) is 0 Å². The van der Waals surface area contributed by atoms with Crippen LogP contribution < -0.4 is 10.6 Å². The van der Waals surface area contributed by atoms with Gasteiger partial charge in [-0.25, -0.2) is 4.79 Å². The summed E-state index contributed by atoms with van der Waals surface area (Å²) in [4.78, 5) is 22.3. The van der Waals surface area contributed by atoms with E-state index in [4.69, 9.17) is 11.6 Å². The van der Waals surface area contributed by atoms with Gasteiger partial charge in [0.25, 0.3) is 0 Å². The van der Waals surface area contributed by atoms with Crippen LogP contribution in [-0.4, -0.2) is 17.8 Å². The normalized spacial score (nSPS) is 9.62. The molecule has 1 aromatic carbocycles. The zero-order valence-corrected chi connectivity index (χ0v) is 11.2. The highest BCUT2D eigenvalue weighted by Crippen LogP contribution is 2.10. The van der Waals surface area contributed by atoms with Crippen LogP contribution in [0.25, 0.3) is 0 Å². The summed E-state index contributed by atoms with van der Waals surface area (Å²) in [6, 6.07) is 6.69. The van der Waals surface area contributed by atoms with E-state index in [1.165, 1.54) is 0 Å². The van der Waals surface area contributed by atoms with Crippen LogP contribution in [0, 0.1) is 3.57 Å². The van der Waals surface area contributed by atoms with Crippen LogP contribution in [0.3, 0.4) is 0 Å². The molecule has 3 amide bonds. The fourth-order valence-corrected chi connectivity index (χ4v) is 1.50. The van der Waals surface area contributed by atoms with Crippen LogP contribution in [0.1, 0.15) is 6.42 Å². The monoisotopic (exact) mass is 352 g/mol. The molecular formula is C10H10ClIN2O2. The fraction of sp³-hybridized carbons (Fsp3) is 0.200. The summed E-state index contributed by atoms with van der Waals surface area (Å²) in [7, 11) is 0. The van der Waals surface area contributed by atoms with Gasteiger partial charge in [0.2, 0.25) is 5.91 Å². The quantitative estimate of drug-likeness (QED) is 0.649. The average molecular weight is 353 g/mol. The highest BCUT2D eigenvalue weighted by molar-refractivity contribution is 14.1. The molecule has 0 aliphatic rings. The Morgan fingerprint density at radius 2 is 1.88 bits per heavy atom. The molecule has 0 saturated heterocycles. The number of hydrogen-bond acceptors (Lipinski definition) is 2. The first-order valence-corrected chi connectivity index (χ1v) is 6.15. The summed E-state index contributed by atoms with van der Waals surface area (Å²) in [5, 5.41) is 4.71. The van der Waals surface area contributed by atoms with E-state index in [-0.39, 0.29) is 12.3 Å².